The molecule has 2 heteroatoms. The van der Waals surface area contributed by atoms with Gasteiger partial charge in [0.05, 0.1) is 6.10 Å². The number of nitrogens with zero attached hydrogens (tertiary/aromatic N) is 1. The molecule has 0 aromatic heterocycles. The number of aliphatic hydroxyl groups is 1. The predicted molar refractivity (Wildman–Crippen MR) is 59.1 cm³/mol. The lowest BCUT2D eigenvalue weighted by Gasteiger charge is -2.26. The topological polar surface area (TPSA) is 23.5 Å². The summed E-state index contributed by atoms with van der Waals surface area (Å²) in [5.74, 6) is 0. The molecule has 2 atom stereocenters. The maximum atomic E-state index is 9.43. The molecule has 0 aliphatic heterocycles. The SMILES string of the molecule is C[C@H](O)[C@@H](C)N(C)Cc1ccccc1. The summed E-state index contributed by atoms with van der Waals surface area (Å²) in [6.07, 6.45) is -0.288. The van der Waals surface area contributed by atoms with Gasteiger partial charge < -0.3 is 5.11 Å². The van der Waals surface area contributed by atoms with Crippen LogP contribution in [-0.2, 0) is 6.54 Å². The highest BCUT2D eigenvalue weighted by molar-refractivity contribution is 5.14. The Hall–Kier alpha value is -0.860. The van der Waals surface area contributed by atoms with Gasteiger partial charge in [-0.25, -0.2) is 0 Å². The standard InChI is InChI=1S/C12H19NO/c1-10(11(2)14)13(3)9-12-7-5-4-6-8-12/h4-8,10-11,14H,9H2,1-3H3/t10-,11+/m1/s1. The molecule has 0 saturated carbocycles. The largest absolute Gasteiger partial charge is 0.392 e. The van der Waals surface area contributed by atoms with Gasteiger partial charge in [-0.1, -0.05) is 30.3 Å². The van der Waals surface area contributed by atoms with E-state index in [1.807, 2.05) is 39.1 Å². The van der Waals surface area contributed by atoms with Crippen LogP contribution in [0.2, 0.25) is 0 Å². The molecule has 1 aromatic rings. The van der Waals surface area contributed by atoms with Crippen molar-refractivity contribution in [3.05, 3.63) is 35.9 Å². The first kappa shape index (κ1) is 11.2. The summed E-state index contributed by atoms with van der Waals surface area (Å²) < 4.78 is 0. The number of likely N-dealkylation sites (N-methyl/N-ethyl adjacent to an activating group) is 1. The molecular formula is C12H19NO. The molecule has 0 heterocycles. The number of hydrogen-bond acceptors (Lipinski definition) is 2. The number of benzene rings is 1. The maximum Gasteiger partial charge on any atom is 0.0664 e. The maximum absolute atomic E-state index is 9.43. The van der Waals surface area contributed by atoms with Crippen LogP contribution in [0.15, 0.2) is 30.3 Å². The van der Waals surface area contributed by atoms with E-state index in [-0.39, 0.29) is 12.1 Å². The highest BCUT2D eigenvalue weighted by Gasteiger charge is 2.13. The van der Waals surface area contributed by atoms with Crippen LogP contribution in [0.5, 0.6) is 0 Å². The molecule has 0 saturated heterocycles. The van der Waals surface area contributed by atoms with Crippen molar-refractivity contribution < 1.29 is 5.11 Å². The molecule has 1 aromatic carbocycles. The fourth-order valence-electron chi connectivity index (χ4n) is 1.38. The molecule has 1 rings (SSSR count). The van der Waals surface area contributed by atoms with Gasteiger partial charge in [0.2, 0.25) is 0 Å². The van der Waals surface area contributed by atoms with Crippen LogP contribution in [0.3, 0.4) is 0 Å². The molecule has 14 heavy (non-hydrogen) atoms. The van der Waals surface area contributed by atoms with Gasteiger partial charge in [0, 0.05) is 12.6 Å². The first-order chi connectivity index (χ1) is 6.61. The number of hydrogen-bond donors (Lipinski definition) is 1. The molecule has 0 fully saturated rings. The van der Waals surface area contributed by atoms with E-state index in [1.165, 1.54) is 5.56 Å². The summed E-state index contributed by atoms with van der Waals surface area (Å²) in [5.41, 5.74) is 1.28. The van der Waals surface area contributed by atoms with Gasteiger partial charge >= 0.3 is 0 Å². The fraction of sp³-hybridized carbons (Fsp3) is 0.500. The molecule has 0 amide bonds. The van der Waals surface area contributed by atoms with E-state index in [0.717, 1.165) is 6.54 Å². The van der Waals surface area contributed by atoms with Crippen molar-refractivity contribution >= 4 is 0 Å². The first-order valence-electron chi connectivity index (χ1n) is 5.03. The third-order valence-electron chi connectivity index (χ3n) is 2.67. The molecular weight excluding hydrogens is 174 g/mol. The van der Waals surface area contributed by atoms with Gasteiger partial charge in [-0.15, -0.1) is 0 Å². The zero-order valence-corrected chi connectivity index (χ0v) is 9.14. The van der Waals surface area contributed by atoms with E-state index < -0.39 is 0 Å². The van der Waals surface area contributed by atoms with E-state index in [0.29, 0.717) is 0 Å². The summed E-state index contributed by atoms with van der Waals surface area (Å²) in [6, 6.07) is 10.5. The summed E-state index contributed by atoms with van der Waals surface area (Å²) in [5, 5.41) is 9.43. The van der Waals surface area contributed by atoms with Gasteiger partial charge in [-0.2, -0.15) is 0 Å². The van der Waals surface area contributed by atoms with Crippen LogP contribution >= 0.6 is 0 Å². The zero-order chi connectivity index (χ0) is 10.6. The van der Waals surface area contributed by atoms with Crippen molar-refractivity contribution in [1.82, 2.24) is 4.90 Å². The first-order valence-corrected chi connectivity index (χ1v) is 5.03. The lowest BCUT2D eigenvalue weighted by Crippen LogP contribution is -2.36. The van der Waals surface area contributed by atoms with Crippen molar-refractivity contribution in [3.63, 3.8) is 0 Å². The molecule has 0 bridgehead atoms. The Labute approximate surface area is 86.2 Å². The van der Waals surface area contributed by atoms with Crippen LogP contribution in [0.4, 0.5) is 0 Å². The van der Waals surface area contributed by atoms with Gasteiger partial charge in [-0.05, 0) is 26.5 Å². The van der Waals surface area contributed by atoms with Crippen LogP contribution in [0.25, 0.3) is 0 Å². The molecule has 2 nitrogen and oxygen atoms in total. The minimum absolute atomic E-state index is 0.190. The highest BCUT2D eigenvalue weighted by Crippen LogP contribution is 2.07. The van der Waals surface area contributed by atoms with Gasteiger partial charge in [0.25, 0.3) is 0 Å². The quantitative estimate of drug-likeness (QED) is 0.789. The predicted octanol–water partition coefficient (Wildman–Crippen LogP) is 1.89. The van der Waals surface area contributed by atoms with E-state index >= 15 is 0 Å². The Kier molecular flexibility index (Phi) is 4.11. The van der Waals surface area contributed by atoms with Crippen LogP contribution in [-0.4, -0.2) is 29.2 Å². The smallest absolute Gasteiger partial charge is 0.0664 e. The number of aliphatic hydroxyl groups excluding tert-OH is 1. The number of rotatable bonds is 4. The summed E-state index contributed by atoms with van der Waals surface area (Å²) in [4.78, 5) is 2.15. The van der Waals surface area contributed by atoms with Crippen molar-refractivity contribution in [3.8, 4) is 0 Å². The van der Waals surface area contributed by atoms with Gasteiger partial charge in [-0.3, -0.25) is 4.90 Å². The van der Waals surface area contributed by atoms with Crippen LogP contribution < -0.4 is 0 Å². The molecule has 0 radical (unpaired) electrons. The Morgan fingerprint density at radius 2 is 1.79 bits per heavy atom. The second-order valence-corrected chi connectivity index (χ2v) is 3.88. The van der Waals surface area contributed by atoms with E-state index in [2.05, 4.69) is 17.0 Å². The summed E-state index contributed by atoms with van der Waals surface area (Å²) in [6.45, 7) is 4.74. The Morgan fingerprint density at radius 1 is 1.21 bits per heavy atom. The molecule has 78 valence electrons. The monoisotopic (exact) mass is 193 g/mol. The molecule has 0 aliphatic carbocycles. The third-order valence-corrected chi connectivity index (χ3v) is 2.67. The average Bonchev–Trinajstić information content (AvgIpc) is 2.18. The minimum Gasteiger partial charge on any atom is -0.392 e. The third kappa shape index (κ3) is 3.13. The Bertz CT molecular complexity index is 258. The van der Waals surface area contributed by atoms with Crippen molar-refractivity contribution in [2.45, 2.75) is 32.5 Å². The van der Waals surface area contributed by atoms with Crippen molar-refractivity contribution in [2.24, 2.45) is 0 Å². The zero-order valence-electron chi connectivity index (χ0n) is 9.14. The van der Waals surface area contributed by atoms with E-state index in [1.54, 1.807) is 0 Å². The summed E-state index contributed by atoms with van der Waals surface area (Å²) in [7, 11) is 2.03. The second kappa shape index (κ2) is 5.13. The minimum atomic E-state index is -0.288. The van der Waals surface area contributed by atoms with Crippen molar-refractivity contribution in [2.75, 3.05) is 7.05 Å². The normalized spacial score (nSPS) is 15.5. The Morgan fingerprint density at radius 3 is 2.29 bits per heavy atom. The van der Waals surface area contributed by atoms with Crippen LogP contribution in [0.1, 0.15) is 19.4 Å². The molecule has 1 N–H and O–H groups in total. The Balaban J connectivity index is 2.53. The van der Waals surface area contributed by atoms with Crippen LogP contribution in [0, 0.1) is 0 Å². The van der Waals surface area contributed by atoms with Gasteiger partial charge in [0.1, 0.15) is 0 Å². The molecule has 0 unspecified atom stereocenters. The fourth-order valence-corrected chi connectivity index (χ4v) is 1.38. The average molecular weight is 193 g/mol. The molecule has 0 spiro atoms. The van der Waals surface area contributed by atoms with E-state index in [4.69, 9.17) is 0 Å². The highest BCUT2D eigenvalue weighted by atomic mass is 16.3. The lowest BCUT2D eigenvalue weighted by molar-refractivity contribution is 0.0828. The van der Waals surface area contributed by atoms with Gasteiger partial charge in [0.15, 0.2) is 0 Å². The van der Waals surface area contributed by atoms with E-state index in [9.17, 15) is 5.11 Å². The van der Waals surface area contributed by atoms with Crippen molar-refractivity contribution in [1.29, 1.82) is 0 Å². The second-order valence-electron chi connectivity index (χ2n) is 3.88. The molecule has 0 aliphatic rings. The summed E-state index contributed by atoms with van der Waals surface area (Å²) >= 11 is 0. The lowest BCUT2D eigenvalue weighted by atomic mass is 10.1.